The Bertz CT molecular complexity index is 3540. The molecule has 9 rings (SSSR count). The zero-order valence-electron chi connectivity index (χ0n) is 54.0. The van der Waals surface area contributed by atoms with Crippen LogP contribution in [0.5, 0.6) is 0 Å². The van der Waals surface area contributed by atoms with Gasteiger partial charge in [-0.25, -0.2) is 14.4 Å². The normalized spacial score (nSPS) is 29.1. The monoisotopic (exact) mass is 1390 g/mol. The highest BCUT2D eigenvalue weighted by Crippen LogP contribution is 2.39. The first-order valence-electron chi connectivity index (χ1n) is 32.1. The van der Waals surface area contributed by atoms with Crippen molar-refractivity contribution in [3.05, 3.63) is 211 Å². The number of nitrogens with one attached hydrogen (secondary N) is 4. The summed E-state index contributed by atoms with van der Waals surface area (Å²) < 4.78 is 68.8. The number of carbonyl (C=O) groups is 4. The maximum atomic E-state index is 14.7. The zero-order chi connectivity index (χ0) is 70.9. The van der Waals surface area contributed by atoms with E-state index in [1.54, 1.807) is 140 Å². The van der Waals surface area contributed by atoms with Gasteiger partial charge in [0.05, 0.1) is 62.8 Å². The van der Waals surface area contributed by atoms with Crippen LogP contribution in [0.4, 0.5) is 14.4 Å². The topological polar surface area (TPSA) is 486 Å². The van der Waals surface area contributed by atoms with E-state index in [4.69, 9.17) is 57.6 Å². The Labute approximate surface area is 572 Å². The van der Waals surface area contributed by atoms with E-state index in [9.17, 15) is 60.9 Å². The summed E-state index contributed by atoms with van der Waals surface area (Å²) in [7, 11) is 0. The molecule has 34 heteroatoms. The minimum absolute atomic E-state index is 0.0180. The summed E-state index contributed by atoms with van der Waals surface area (Å²) in [4.78, 5) is 64.2. The van der Waals surface area contributed by atoms with Gasteiger partial charge in [0.2, 0.25) is 5.91 Å². The fourth-order valence-electron chi connectivity index (χ4n) is 11.8. The third-order valence-corrected chi connectivity index (χ3v) is 16.9. The first-order chi connectivity index (χ1) is 48.5. The predicted molar refractivity (Wildman–Crippen MR) is 346 cm³/mol. The smallest absolute Gasteiger partial charge is 0.407 e. The van der Waals surface area contributed by atoms with Crippen LogP contribution in [-0.4, -0.2) is 203 Å². The number of nitrogens with zero attached hydrogens (tertiary/aromatic N) is 9. The second kappa shape index (κ2) is 37.8. The number of aliphatic hydroxyl groups is 6. The molecule has 10 N–H and O–H groups in total. The largest absolute Gasteiger partial charge is 0.445 e. The Hall–Kier alpha value is -9.25. The maximum Gasteiger partial charge on any atom is 0.407 e. The molecule has 0 radical (unpaired) electrons. The molecule has 100 heavy (non-hydrogen) atoms. The van der Waals surface area contributed by atoms with E-state index in [0.29, 0.717) is 16.7 Å². The van der Waals surface area contributed by atoms with Gasteiger partial charge in [-0.1, -0.05) is 167 Å². The van der Waals surface area contributed by atoms with Crippen molar-refractivity contribution < 1.29 is 102 Å². The molecule has 5 aromatic rings. The van der Waals surface area contributed by atoms with Gasteiger partial charge in [-0.2, -0.15) is 0 Å². The summed E-state index contributed by atoms with van der Waals surface area (Å²) in [6.45, 7) is -1.00. The van der Waals surface area contributed by atoms with Crippen LogP contribution in [0.15, 0.2) is 167 Å². The number of hydrogen-bond donors (Lipinski definition) is 10. The molecule has 4 amide bonds. The quantitative estimate of drug-likeness (QED) is 0.0124. The number of ether oxygens (including phenoxy) is 11. The van der Waals surface area contributed by atoms with Gasteiger partial charge >= 0.3 is 18.3 Å². The number of alkyl carbamates (subject to hydrolysis) is 3. The lowest BCUT2D eigenvalue weighted by atomic mass is 9.80. The molecule has 0 unspecified atom stereocenters. The Kier molecular flexibility index (Phi) is 28.3. The first kappa shape index (κ1) is 75.0. The van der Waals surface area contributed by atoms with Gasteiger partial charge in [-0.05, 0) is 64.2 Å². The van der Waals surface area contributed by atoms with Crippen LogP contribution in [0.1, 0.15) is 47.6 Å². The van der Waals surface area contributed by atoms with Crippen LogP contribution in [0.3, 0.4) is 0 Å². The summed E-state index contributed by atoms with van der Waals surface area (Å²) in [5.41, 5.74) is 32.2. The highest BCUT2D eigenvalue weighted by atomic mass is 16.8. The molecule has 5 aromatic carbocycles. The van der Waals surface area contributed by atoms with Gasteiger partial charge in [0.25, 0.3) is 0 Å². The number of hydrogen-bond acceptors (Lipinski definition) is 24. The number of carbonyl (C=O) groups excluding carboxylic acids is 4. The van der Waals surface area contributed by atoms with Gasteiger partial charge < -0.3 is 104 Å². The van der Waals surface area contributed by atoms with Crippen molar-refractivity contribution in [3.8, 4) is 0 Å². The molecule has 0 aromatic heterocycles. The van der Waals surface area contributed by atoms with E-state index in [1.807, 2.05) is 12.1 Å². The molecule has 1 aliphatic carbocycles. The van der Waals surface area contributed by atoms with Gasteiger partial charge in [-0.15, -0.1) is 0 Å². The summed E-state index contributed by atoms with van der Waals surface area (Å²) in [5, 5.41) is 91.8. The van der Waals surface area contributed by atoms with E-state index in [-0.39, 0.29) is 45.9 Å². The number of amides is 4. The molecule has 0 bridgehead atoms. The molecule has 534 valence electrons. The van der Waals surface area contributed by atoms with Gasteiger partial charge in [0.15, 0.2) is 18.9 Å². The lowest BCUT2D eigenvalue weighted by Crippen LogP contribution is -2.74. The van der Waals surface area contributed by atoms with Gasteiger partial charge in [-0.3, -0.25) is 4.79 Å². The minimum Gasteiger partial charge on any atom is -0.445 e. The summed E-state index contributed by atoms with van der Waals surface area (Å²) >= 11 is 0. The summed E-state index contributed by atoms with van der Waals surface area (Å²) in [5.74, 6) is -1.16. The molecule has 3 aliphatic heterocycles. The van der Waals surface area contributed by atoms with Gasteiger partial charge in [0.1, 0.15) is 86.4 Å². The standard InChI is InChI=1S/C66H79N13O21/c1-37(94-65(88)71-30-38-17-7-2-8-18-38)55-45(90-33-39-19-9-3-10-20-39)29-43(75-78-68)61(97-55)99-58-50(74-66(89)93-36-42-25-15-6-16-26-42)57(91-34-40-21-11-4-12-22-40)48(73-60(86)44(81)27-28-70-64(87)92-35-41-23-13-5-14-24-41)53(84)59(58)100-63-54(85)56(47(32-80)96-63)98-62-49(76-79-69)52(83)51(82)46(95-62)31-72-77-67/h2-26,37,43-59,61-63,80-85H,27-36H2,1H3,(H,70,87)(H,71,88)(H,73,86)(H,74,89)/t37-,43+,44-,45-,46-,47+,48-,49+,50-,51+,52+,53-,54+,55+,56+,57+,58+,59+,61-,62+,63-/m0/s1. The number of benzene rings is 5. The van der Waals surface area contributed by atoms with E-state index in [1.165, 1.54) is 6.92 Å². The molecule has 0 spiro atoms. The second-order valence-electron chi connectivity index (χ2n) is 23.7. The Balaban J connectivity index is 1.10. The summed E-state index contributed by atoms with van der Waals surface area (Å²) in [6, 6.07) is 37.1. The lowest BCUT2D eigenvalue weighted by Gasteiger charge is -2.51. The Morgan fingerprint density at radius 1 is 0.550 bits per heavy atom. The number of rotatable bonds is 31. The van der Waals surface area contributed by atoms with E-state index in [0.717, 1.165) is 11.1 Å². The number of azide groups is 3. The molecule has 1 saturated carbocycles. The first-order valence-corrected chi connectivity index (χ1v) is 32.1. The lowest BCUT2D eigenvalue weighted by molar-refractivity contribution is -0.315. The minimum atomic E-state index is -2.20. The van der Waals surface area contributed by atoms with Crippen molar-refractivity contribution in [1.29, 1.82) is 0 Å². The average molecular weight is 1390 g/mol. The fourth-order valence-corrected chi connectivity index (χ4v) is 11.8. The van der Waals surface area contributed by atoms with E-state index >= 15 is 0 Å². The predicted octanol–water partition coefficient (Wildman–Crippen LogP) is 4.77. The fraction of sp³-hybridized carbons (Fsp3) is 0.485. The maximum absolute atomic E-state index is 14.7. The molecule has 34 nitrogen and oxygen atoms in total. The summed E-state index contributed by atoms with van der Waals surface area (Å²) in [6.07, 6.45) is -33.4. The van der Waals surface area contributed by atoms with Crippen LogP contribution in [0.25, 0.3) is 31.3 Å². The molecule has 3 saturated heterocycles. The van der Waals surface area contributed by atoms with Crippen LogP contribution < -0.4 is 21.3 Å². The molecule has 4 fully saturated rings. The molecule has 21 atom stereocenters. The van der Waals surface area contributed by atoms with E-state index in [2.05, 4.69) is 51.3 Å². The molecule has 4 aliphatic rings. The highest BCUT2D eigenvalue weighted by Gasteiger charge is 2.59. The SMILES string of the molecule is C[C@H](OC(=O)NCc1ccccc1)[C@H]1O[C@@H](O[C@@H]2[C@@H](NC(=O)OCc3ccccc3)[C@H](OCc3ccccc3)[C@@H](NC(=O)[C@@H](O)CCNC(=O)OCc3ccccc3)[C@H](O)[C@H]2O[C@@H]2O[C@H](CO)[C@@H](O[C@H]3O[C@@H](CN=[N+]=[N-])[C@@H](O)[C@H](O)[C@H]3N=[N+]=[N-])[C@H]2O)[C@H](N=[N+]=[N-])C[C@@H]1OCc1ccccc1. The van der Waals surface area contributed by atoms with Crippen molar-refractivity contribution in [1.82, 2.24) is 21.3 Å². The Morgan fingerprint density at radius 2 is 1.09 bits per heavy atom. The third kappa shape index (κ3) is 20.7. The van der Waals surface area contributed by atoms with Crippen LogP contribution in [0, 0.1) is 0 Å². The van der Waals surface area contributed by atoms with E-state index < -0.39 is 172 Å². The highest BCUT2D eigenvalue weighted by molar-refractivity contribution is 5.81. The molecular weight excluding hydrogens is 1310 g/mol. The van der Waals surface area contributed by atoms with Crippen molar-refractivity contribution in [3.63, 3.8) is 0 Å². The van der Waals surface area contributed by atoms with Crippen molar-refractivity contribution >= 4 is 24.2 Å². The van der Waals surface area contributed by atoms with Crippen LogP contribution in [-0.2, 0) is 89.9 Å². The third-order valence-electron chi connectivity index (χ3n) is 16.9. The number of aliphatic hydroxyl groups excluding tert-OH is 6. The van der Waals surface area contributed by atoms with Crippen molar-refractivity contribution in [2.75, 3.05) is 19.7 Å². The van der Waals surface area contributed by atoms with Crippen LogP contribution in [0.2, 0.25) is 0 Å². The van der Waals surface area contributed by atoms with Crippen LogP contribution >= 0.6 is 0 Å². The zero-order valence-corrected chi connectivity index (χ0v) is 54.0. The van der Waals surface area contributed by atoms with Crippen molar-refractivity contribution in [2.24, 2.45) is 15.3 Å². The Morgan fingerprint density at radius 3 is 1.67 bits per heavy atom. The van der Waals surface area contributed by atoms with Gasteiger partial charge in [0, 0.05) is 27.8 Å². The molecule has 3 heterocycles. The molecular formula is C66H79N13O21. The average Bonchev–Trinajstić information content (AvgIpc) is 0.812. The second-order valence-corrected chi connectivity index (χ2v) is 23.7. The van der Waals surface area contributed by atoms with Crippen molar-refractivity contribution in [2.45, 2.75) is 181 Å².